The second-order valence-corrected chi connectivity index (χ2v) is 8.00. The largest absolute Gasteiger partial charge is 0.395 e. The van der Waals surface area contributed by atoms with Crippen LogP contribution in [0.1, 0.15) is 13.8 Å². The maximum Gasteiger partial charge on any atom is 0.146 e. The SMILES string of the molecule is CC(C)(O)Cn1cc(-c2ccc(-c3ccccc3)cc2)c2c(NCCO)ncnc21. The van der Waals surface area contributed by atoms with Crippen LogP contribution < -0.4 is 5.32 Å². The van der Waals surface area contributed by atoms with Crippen molar-refractivity contribution >= 4 is 16.9 Å². The summed E-state index contributed by atoms with van der Waals surface area (Å²) in [5, 5.41) is 23.7. The Morgan fingerprint density at radius 1 is 0.933 bits per heavy atom. The number of fused-ring (bicyclic) bond motifs is 1. The van der Waals surface area contributed by atoms with E-state index in [9.17, 15) is 10.2 Å². The highest BCUT2D eigenvalue weighted by Gasteiger charge is 2.20. The zero-order chi connectivity index (χ0) is 21.1. The lowest BCUT2D eigenvalue weighted by Crippen LogP contribution is -2.25. The van der Waals surface area contributed by atoms with Crippen molar-refractivity contribution in [2.45, 2.75) is 26.0 Å². The van der Waals surface area contributed by atoms with Gasteiger partial charge in [0.1, 0.15) is 17.8 Å². The third-order valence-corrected chi connectivity index (χ3v) is 4.92. The smallest absolute Gasteiger partial charge is 0.146 e. The summed E-state index contributed by atoms with van der Waals surface area (Å²) in [4.78, 5) is 8.88. The van der Waals surface area contributed by atoms with E-state index in [0.29, 0.717) is 18.9 Å². The average molecular weight is 402 g/mol. The second kappa shape index (κ2) is 8.26. The van der Waals surface area contributed by atoms with Crippen molar-refractivity contribution in [2.75, 3.05) is 18.5 Å². The lowest BCUT2D eigenvalue weighted by Gasteiger charge is -2.18. The summed E-state index contributed by atoms with van der Waals surface area (Å²) in [6, 6.07) is 18.7. The van der Waals surface area contributed by atoms with Gasteiger partial charge < -0.3 is 20.1 Å². The van der Waals surface area contributed by atoms with E-state index >= 15 is 0 Å². The molecule has 0 spiro atoms. The molecule has 3 N–H and O–H groups in total. The zero-order valence-electron chi connectivity index (χ0n) is 17.2. The normalized spacial score (nSPS) is 11.7. The third-order valence-electron chi connectivity index (χ3n) is 4.92. The monoisotopic (exact) mass is 402 g/mol. The van der Waals surface area contributed by atoms with E-state index in [2.05, 4.69) is 51.7 Å². The Balaban J connectivity index is 1.82. The Labute approximate surface area is 175 Å². The lowest BCUT2D eigenvalue weighted by atomic mass is 10.0. The van der Waals surface area contributed by atoms with Gasteiger partial charge in [-0.2, -0.15) is 0 Å². The molecule has 0 atom stereocenters. The van der Waals surface area contributed by atoms with E-state index in [0.717, 1.165) is 27.7 Å². The Morgan fingerprint density at radius 2 is 1.60 bits per heavy atom. The summed E-state index contributed by atoms with van der Waals surface area (Å²) < 4.78 is 1.96. The molecule has 30 heavy (non-hydrogen) atoms. The van der Waals surface area contributed by atoms with E-state index in [1.54, 1.807) is 13.8 Å². The van der Waals surface area contributed by atoms with Gasteiger partial charge in [-0.3, -0.25) is 0 Å². The number of aliphatic hydroxyl groups excluding tert-OH is 1. The van der Waals surface area contributed by atoms with Crippen molar-refractivity contribution in [3.05, 3.63) is 67.1 Å². The van der Waals surface area contributed by atoms with Gasteiger partial charge in [-0.05, 0) is 30.5 Å². The number of aliphatic hydroxyl groups is 2. The molecule has 0 bridgehead atoms. The highest BCUT2D eigenvalue weighted by atomic mass is 16.3. The molecule has 154 valence electrons. The van der Waals surface area contributed by atoms with Gasteiger partial charge in [-0.1, -0.05) is 54.6 Å². The van der Waals surface area contributed by atoms with E-state index in [-0.39, 0.29) is 6.61 Å². The first-order valence-electron chi connectivity index (χ1n) is 10.0. The first kappa shape index (κ1) is 20.1. The first-order chi connectivity index (χ1) is 14.5. The van der Waals surface area contributed by atoms with Crippen molar-refractivity contribution in [3.63, 3.8) is 0 Å². The number of nitrogens with one attached hydrogen (secondary N) is 1. The Hall–Kier alpha value is -3.22. The molecule has 0 saturated heterocycles. The molecule has 4 rings (SSSR count). The van der Waals surface area contributed by atoms with Gasteiger partial charge in [0.05, 0.1) is 24.1 Å². The van der Waals surface area contributed by atoms with Gasteiger partial charge in [-0.15, -0.1) is 0 Å². The predicted octanol–water partition coefficient (Wildman–Crippen LogP) is 3.94. The highest BCUT2D eigenvalue weighted by molar-refractivity contribution is 6.01. The van der Waals surface area contributed by atoms with E-state index < -0.39 is 5.60 Å². The molecule has 0 aliphatic carbocycles. The van der Waals surface area contributed by atoms with E-state index in [1.807, 2.05) is 29.0 Å². The van der Waals surface area contributed by atoms with Gasteiger partial charge in [0.2, 0.25) is 0 Å². The third kappa shape index (κ3) is 4.20. The van der Waals surface area contributed by atoms with Crippen LogP contribution in [0, 0.1) is 0 Å². The second-order valence-electron chi connectivity index (χ2n) is 8.00. The minimum Gasteiger partial charge on any atom is -0.395 e. The first-order valence-corrected chi connectivity index (χ1v) is 10.0. The molecule has 0 saturated carbocycles. The number of rotatable bonds is 7. The molecule has 4 aromatic rings. The lowest BCUT2D eigenvalue weighted by molar-refractivity contribution is 0.0627. The number of nitrogens with zero attached hydrogens (tertiary/aromatic N) is 3. The van der Waals surface area contributed by atoms with Crippen molar-refractivity contribution in [1.82, 2.24) is 14.5 Å². The molecule has 6 heteroatoms. The fraction of sp³-hybridized carbons (Fsp3) is 0.250. The van der Waals surface area contributed by atoms with Gasteiger partial charge in [0, 0.05) is 18.3 Å². The summed E-state index contributed by atoms with van der Waals surface area (Å²) in [5.41, 5.74) is 4.20. The molecule has 2 aromatic carbocycles. The molecule has 0 fully saturated rings. The topological polar surface area (TPSA) is 83.2 Å². The van der Waals surface area contributed by atoms with Crippen LogP contribution >= 0.6 is 0 Å². The number of hydrogen-bond acceptors (Lipinski definition) is 5. The molecule has 0 radical (unpaired) electrons. The van der Waals surface area contributed by atoms with Crippen LogP contribution in [0.4, 0.5) is 5.82 Å². The predicted molar refractivity (Wildman–Crippen MR) is 120 cm³/mol. The maximum absolute atomic E-state index is 10.4. The van der Waals surface area contributed by atoms with Crippen LogP contribution in [0.5, 0.6) is 0 Å². The highest BCUT2D eigenvalue weighted by Crippen LogP contribution is 2.35. The fourth-order valence-corrected chi connectivity index (χ4v) is 3.66. The van der Waals surface area contributed by atoms with Crippen LogP contribution in [0.15, 0.2) is 67.1 Å². The van der Waals surface area contributed by atoms with Crippen molar-refractivity contribution in [3.8, 4) is 22.3 Å². The number of benzene rings is 2. The van der Waals surface area contributed by atoms with Gasteiger partial charge in [0.15, 0.2) is 0 Å². The van der Waals surface area contributed by atoms with Gasteiger partial charge >= 0.3 is 0 Å². The fourth-order valence-electron chi connectivity index (χ4n) is 3.66. The molecular weight excluding hydrogens is 376 g/mol. The summed E-state index contributed by atoms with van der Waals surface area (Å²) in [6.45, 7) is 4.37. The van der Waals surface area contributed by atoms with Gasteiger partial charge in [0.25, 0.3) is 0 Å². The summed E-state index contributed by atoms with van der Waals surface area (Å²) >= 11 is 0. The summed E-state index contributed by atoms with van der Waals surface area (Å²) in [7, 11) is 0. The van der Waals surface area contributed by atoms with Gasteiger partial charge in [-0.25, -0.2) is 9.97 Å². The van der Waals surface area contributed by atoms with E-state index in [1.165, 1.54) is 11.9 Å². The molecule has 2 aromatic heterocycles. The molecular formula is C24H26N4O2. The molecule has 0 aliphatic heterocycles. The summed E-state index contributed by atoms with van der Waals surface area (Å²) in [5.74, 6) is 0.672. The Kier molecular flexibility index (Phi) is 5.53. The standard InChI is InChI=1S/C24H26N4O2/c1-24(2,30)15-28-14-20(21-22(25-12-13-29)26-16-27-23(21)28)19-10-8-18(9-11-19)17-6-4-3-5-7-17/h3-11,14,16,29-30H,12-13,15H2,1-2H3,(H,25,26,27). The number of anilines is 1. The van der Waals surface area contributed by atoms with Crippen LogP contribution in [-0.2, 0) is 6.54 Å². The minimum atomic E-state index is -0.885. The average Bonchev–Trinajstić information content (AvgIpc) is 3.10. The van der Waals surface area contributed by atoms with Crippen LogP contribution in [-0.4, -0.2) is 43.5 Å². The van der Waals surface area contributed by atoms with Crippen molar-refractivity contribution < 1.29 is 10.2 Å². The zero-order valence-corrected chi connectivity index (χ0v) is 17.2. The van der Waals surface area contributed by atoms with Crippen LogP contribution in [0.2, 0.25) is 0 Å². The molecule has 0 unspecified atom stereocenters. The Bertz CT molecular complexity index is 1130. The Morgan fingerprint density at radius 3 is 2.27 bits per heavy atom. The van der Waals surface area contributed by atoms with Crippen molar-refractivity contribution in [2.24, 2.45) is 0 Å². The molecule has 0 aliphatic rings. The molecule has 2 heterocycles. The summed E-state index contributed by atoms with van der Waals surface area (Å²) in [6.07, 6.45) is 3.52. The van der Waals surface area contributed by atoms with Crippen LogP contribution in [0.3, 0.4) is 0 Å². The molecule has 6 nitrogen and oxygen atoms in total. The molecule has 0 amide bonds. The quantitative estimate of drug-likeness (QED) is 0.436. The minimum absolute atomic E-state index is 0.0109. The number of aromatic nitrogens is 3. The number of hydrogen-bond donors (Lipinski definition) is 3. The van der Waals surface area contributed by atoms with Crippen LogP contribution in [0.25, 0.3) is 33.3 Å². The van der Waals surface area contributed by atoms with Crippen molar-refractivity contribution in [1.29, 1.82) is 0 Å². The van der Waals surface area contributed by atoms with E-state index in [4.69, 9.17) is 0 Å². The maximum atomic E-state index is 10.4.